The van der Waals surface area contributed by atoms with Gasteiger partial charge in [-0.05, 0) is 0 Å². The fraction of sp³-hybridized carbons (Fsp3) is 0. The Bertz CT molecular complexity index is 12.9. The maximum absolute atomic E-state index is 4.25. The van der Waals surface area contributed by atoms with Crippen LogP contribution in [-0.2, 0) is 0 Å². The van der Waals surface area contributed by atoms with Crippen molar-refractivity contribution >= 4 is 8.41 Å². The van der Waals surface area contributed by atoms with Crippen LogP contribution in [0.1, 0.15) is 0 Å². The number of rotatable bonds is 0. The maximum atomic E-state index is 4.25. The summed E-state index contributed by atoms with van der Waals surface area (Å²) in [6.07, 6.45) is 0. The summed E-state index contributed by atoms with van der Waals surface area (Å²) in [4.78, 5) is 0. The molecule has 0 N–H and O–H groups in total. The average Bonchev–Trinajstić information content (AvgIpc) is 1.00. The molecule has 0 aliphatic rings. The van der Waals surface area contributed by atoms with Crippen LogP contribution in [0, 0.1) is 6.58 Å². The average molecular weight is 134 g/mol. The zero-order valence-electron chi connectivity index (χ0n) is 4.00. The van der Waals surface area contributed by atoms with Gasteiger partial charge in [-0.3, -0.25) is 6.58 Å². The summed E-state index contributed by atoms with van der Waals surface area (Å²) in [7, 11) is 0. The van der Waals surface area contributed by atoms with Gasteiger partial charge in [0, 0.05) is 0 Å². The summed E-state index contributed by atoms with van der Waals surface area (Å²) < 4.78 is 0. The minimum atomic E-state index is 0. The number of hydrogen-bond donors (Lipinski definition) is 0. The summed E-state index contributed by atoms with van der Waals surface area (Å²) in [5.41, 5.74) is 0. The summed E-state index contributed by atoms with van der Waals surface area (Å²) >= 11 is 0. The van der Waals surface area contributed by atoms with Crippen LogP contribution in [0.4, 0.5) is 0 Å². The second kappa shape index (κ2) is 185. The van der Waals surface area contributed by atoms with Gasteiger partial charge in [0.1, 0.15) is 0 Å². The molecule has 0 saturated heterocycles. The van der Waals surface area contributed by atoms with Crippen molar-refractivity contribution in [1.82, 2.24) is 0 Å². The number of halogens is 3. The first-order valence-electron chi connectivity index (χ1n) is 0.408. The molecule has 0 rings (SSSR count). The first-order valence-corrected chi connectivity index (χ1v) is 0.408. The van der Waals surface area contributed by atoms with E-state index in [1.54, 1.807) is 0 Å². The minimum absolute atomic E-state index is 0. The van der Waals surface area contributed by atoms with Gasteiger partial charge in [-0.15, -0.1) is 0 Å². The van der Waals surface area contributed by atoms with E-state index in [1.165, 1.54) is 0 Å². The molecule has 0 aliphatic carbocycles. The molecule has 0 bridgehead atoms. The van der Waals surface area contributed by atoms with Crippen molar-refractivity contribution in [2.24, 2.45) is 0 Å². The van der Waals surface area contributed by atoms with Crippen molar-refractivity contribution in [1.29, 1.82) is 0 Å². The first-order chi connectivity index (χ1) is 1.00. The molecule has 0 amide bonds. The van der Waals surface area contributed by atoms with Gasteiger partial charge in [0.05, 0.1) is 0 Å². The molecule has 0 aromatic heterocycles. The van der Waals surface area contributed by atoms with Gasteiger partial charge in [-0.2, -0.15) is 0 Å². The van der Waals surface area contributed by atoms with Crippen molar-refractivity contribution in [2.75, 3.05) is 0 Å². The standard InChI is InChI=1S/C2H3.B.3FH.K/c1-2;;;;;/h1H,2H2;;3*1H;/q2*-1;;;;+1/p-3. The fourth-order valence-corrected chi connectivity index (χ4v) is 0. The van der Waals surface area contributed by atoms with Gasteiger partial charge in [-0.25, -0.2) is 0 Å². The van der Waals surface area contributed by atoms with Crippen LogP contribution >= 0.6 is 0 Å². The molecule has 0 aromatic rings. The van der Waals surface area contributed by atoms with Gasteiger partial charge in [0.2, 0.25) is 0 Å². The zero-order chi connectivity index (χ0) is 2.00. The molecule has 7 heavy (non-hydrogen) atoms. The normalized spacial score (nSPS) is 0.571. The molecule has 0 unspecified atom stereocenters. The summed E-state index contributed by atoms with van der Waals surface area (Å²) in [6, 6.07) is 0. The van der Waals surface area contributed by atoms with Crippen molar-refractivity contribution in [3.8, 4) is 0 Å². The van der Waals surface area contributed by atoms with Crippen molar-refractivity contribution in [3.05, 3.63) is 13.2 Å². The topological polar surface area (TPSA) is 0 Å². The van der Waals surface area contributed by atoms with Gasteiger partial charge in [0.25, 0.3) is 0 Å². The van der Waals surface area contributed by atoms with E-state index in [1.807, 2.05) is 0 Å². The Hall–Kier alpha value is 1.23. The second-order valence-electron chi connectivity index (χ2n) is 0. The van der Waals surface area contributed by atoms with E-state index < -0.39 is 0 Å². The van der Waals surface area contributed by atoms with Crippen molar-refractivity contribution in [2.45, 2.75) is 0 Å². The number of hydrogen-bond acceptors (Lipinski definition) is 0. The van der Waals surface area contributed by atoms with Crippen LogP contribution in [0.2, 0.25) is 0 Å². The van der Waals surface area contributed by atoms with E-state index in [0.717, 1.165) is 0 Å². The Balaban J connectivity index is -0.000000000500. The Kier molecular flexibility index (Phi) is 2290. The third-order valence-electron chi connectivity index (χ3n) is 0. The van der Waals surface area contributed by atoms with Crippen LogP contribution in [0.3, 0.4) is 0 Å². The van der Waals surface area contributed by atoms with Crippen molar-refractivity contribution in [3.63, 3.8) is 0 Å². The Morgan fingerprint density at radius 1 is 0.857 bits per heavy atom. The fourth-order valence-electron chi connectivity index (χ4n) is 0. The van der Waals surface area contributed by atoms with Crippen LogP contribution in [0.5, 0.6) is 0 Å². The van der Waals surface area contributed by atoms with E-state index in [-0.39, 0.29) is 73.9 Å². The molecule has 0 aromatic carbocycles. The van der Waals surface area contributed by atoms with Crippen LogP contribution in [-0.4, -0.2) is 8.41 Å². The quantitative estimate of drug-likeness (QED) is 0.228. The van der Waals surface area contributed by atoms with Gasteiger partial charge in [0.15, 0.2) is 0 Å². The molecule has 0 nitrogen and oxygen atoms in total. The molecule has 0 atom stereocenters. The summed E-state index contributed by atoms with van der Waals surface area (Å²) in [6.45, 7) is 7.00. The van der Waals surface area contributed by atoms with Crippen molar-refractivity contribution < 1.29 is 65.5 Å². The molecule has 0 saturated carbocycles. The zero-order valence-corrected chi connectivity index (χ0v) is 7.12. The molecule has 0 fully saturated rings. The second-order valence-corrected chi connectivity index (χ2v) is 0. The van der Waals surface area contributed by atoms with E-state index in [9.17, 15) is 0 Å². The van der Waals surface area contributed by atoms with Crippen LogP contribution < -0.4 is 65.5 Å². The predicted octanol–water partition coefficient (Wildman–Crippen LogP) is -11.8. The minimum Gasteiger partial charge on any atom is -1.00 e. The Labute approximate surface area is 85.8 Å². The maximum Gasteiger partial charge on any atom is 1.00 e. The van der Waals surface area contributed by atoms with Gasteiger partial charge < -0.3 is 29.1 Å². The molecule has 40 valence electrons. The third kappa shape index (κ3) is 131. The Morgan fingerprint density at radius 3 is 0.857 bits per heavy atom. The molecule has 4 radical (unpaired) electrons. The van der Waals surface area contributed by atoms with Crippen LogP contribution in [0.25, 0.3) is 0 Å². The molecule has 0 spiro atoms. The van der Waals surface area contributed by atoms with E-state index in [0.29, 0.717) is 0 Å². The SMILES string of the molecule is [B-].[CH-]=C.[F-].[F-].[F-].[K+]. The molecule has 5 heteroatoms. The van der Waals surface area contributed by atoms with Gasteiger partial charge in [-0.1, -0.05) is 0 Å². The molecule has 0 heterocycles. The van der Waals surface area contributed by atoms with E-state index in [4.69, 9.17) is 0 Å². The third-order valence-corrected chi connectivity index (χ3v) is 0. The van der Waals surface area contributed by atoms with Crippen LogP contribution in [0.15, 0.2) is 6.58 Å². The largest absolute Gasteiger partial charge is 1.00 e. The summed E-state index contributed by atoms with van der Waals surface area (Å²) in [5, 5.41) is 0. The Morgan fingerprint density at radius 2 is 0.857 bits per heavy atom. The molecule has 0 aliphatic heterocycles. The molecular weight excluding hydrogens is 131 g/mol. The first kappa shape index (κ1) is 86.5. The van der Waals surface area contributed by atoms with Gasteiger partial charge >= 0.3 is 51.4 Å². The smallest absolute Gasteiger partial charge is 1.00 e. The van der Waals surface area contributed by atoms with E-state index in [2.05, 4.69) is 13.2 Å². The van der Waals surface area contributed by atoms with E-state index >= 15 is 0 Å². The monoisotopic (exact) mass is 134 g/mol. The predicted molar refractivity (Wildman–Crippen MR) is 15.7 cm³/mol. The molecular formula is C2H3BF3K-4. The summed E-state index contributed by atoms with van der Waals surface area (Å²) in [5.74, 6) is 0.